The van der Waals surface area contributed by atoms with Gasteiger partial charge >= 0.3 is 6.18 Å². The van der Waals surface area contributed by atoms with Crippen LogP contribution in [0.3, 0.4) is 0 Å². The van der Waals surface area contributed by atoms with Gasteiger partial charge in [-0.25, -0.2) is 4.99 Å². The van der Waals surface area contributed by atoms with Gasteiger partial charge in [0.2, 0.25) is 0 Å². The lowest BCUT2D eigenvalue weighted by atomic mass is 9.93. The van der Waals surface area contributed by atoms with Gasteiger partial charge in [-0.3, -0.25) is 14.5 Å². The van der Waals surface area contributed by atoms with Crippen molar-refractivity contribution < 1.29 is 22.8 Å². The Morgan fingerprint density at radius 3 is 2.40 bits per heavy atom. The number of alkyl halides is 3. The molecule has 0 bridgehead atoms. The maximum atomic E-state index is 13.6. The van der Waals surface area contributed by atoms with E-state index in [0.29, 0.717) is 34.0 Å². The average molecular weight is 570 g/mol. The number of carbonyl (C=O) groups excluding carboxylic acids is 2. The normalized spacial score (nSPS) is 16.4. The molecule has 0 saturated carbocycles. The van der Waals surface area contributed by atoms with Gasteiger partial charge < -0.3 is 0 Å². The van der Waals surface area contributed by atoms with Crippen LogP contribution in [0.25, 0.3) is 0 Å². The number of benzene rings is 2. The van der Waals surface area contributed by atoms with Crippen molar-refractivity contribution in [3.8, 4) is 6.07 Å². The summed E-state index contributed by atoms with van der Waals surface area (Å²) >= 11 is 1.18. The van der Waals surface area contributed by atoms with Crippen molar-refractivity contribution in [2.45, 2.75) is 72.0 Å². The molecular weight excluding hydrogens is 535 g/mol. The maximum Gasteiger partial charge on any atom is 0.416 e. The number of carbonyl (C=O) groups is 2. The van der Waals surface area contributed by atoms with Crippen molar-refractivity contribution in [3.05, 3.63) is 76.5 Å². The molecule has 1 heterocycles. The fourth-order valence-electron chi connectivity index (χ4n) is 4.84. The second-order valence-electron chi connectivity index (χ2n) is 9.84. The Morgan fingerprint density at radius 1 is 1.12 bits per heavy atom. The number of aliphatic imine (C=N–C) groups is 1. The zero-order valence-corrected chi connectivity index (χ0v) is 24.0. The highest BCUT2D eigenvalue weighted by Gasteiger charge is 2.35. The van der Waals surface area contributed by atoms with Gasteiger partial charge in [-0.1, -0.05) is 63.1 Å². The Bertz CT molecular complexity index is 1330. The van der Waals surface area contributed by atoms with Crippen molar-refractivity contribution >= 4 is 34.2 Å². The van der Waals surface area contributed by atoms with Gasteiger partial charge in [0.05, 0.1) is 22.9 Å². The van der Waals surface area contributed by atoms with Crippen LogP contribution >= 0.6 is 11.8 Å². The molecule has 0 saturated heterocycles. The number of Topliss-reactive ketones (excluding diaryl/α,β-unsaturated/α-hetero) is 2. The summed E-state index contributed by atoms with van der Waals surface area (Å²) in [5.74, 6) is -0.176. The zero-order valence-electron chi connectivity index (χ0n) is 23.2. The van der Waals surface area contributed by atoms with Crippen LogP contribution in [0.1, 0.15) is 82.5 Å². The second-order valence-corrected chi connectivity index (χ2v) is 10.8. The van der Waals surface area contributed by atoms with Crippen LogP contribution in [0.5, 0.6) is 0 Å². The summed E-state index contributed by atoms with van der Waals surface area (Å²) in [4.78, 5) is 32.5. The fraction of sp³-hybridized carbons (Fsp3) is 0.419. The number of hydrogen-bond donors (Lipinski definition) is 0. The number of ketones is 2. The zero-order chi connectivity index (χ0) is 29.4. The van der Waals surface area contributed by atoms with Gasteiger partial charge in [0.25, 0.3) is 0 Å². The molecule has 5 nitrogen and oxygen atoms in total. The summed E-state index contributed by atoms with van der Waals surface area (Å²) in [6.45, 7) is 7.18. The van der Waals surface area contributed by atoms with E-state index in [1.54, 1.807) is 36.1 Å². The van der Waals surface area contributed by atoms with Crippen molar-refractivity contribution in [2.24, 2.45) is 10.9 Å². The molecule has 0 N–H and O–H groups in total. The van der Waals surface area contributed by atoms with E-state index in [1.165, 1.54) is 30.8 Å². The minimum Gasteiger partial charge on any atom is -0.298 e. The Kier molecular flexibility index (Phi) is 10.7. The summed E-state index contributed by atoms with van der Waals surface area (Å²) in [7, 11) is 0. The summed E-state index contributed by atoms with van der Waals surface area (Å²) in [5.41, 5.74) is 1.29. The van der Waals surface area contributed by atoms with E-state index < -0.39 is 17.8 Å². The molecule has 0 aliphatic carbocycles. The van der Waals surface area contributed by atoms with Gasteiger partial charge in [0.1, 0.15) is 11.8 Å². The predicted molar refractivity (Wildman–Crippen MR) is 154 cm³/mol. The quantitative estimate of drug-likeness (QED) is 0.255. The van der Waals surface area contributed by atoms with Crippen molar-refractivity contribution in [2.75, 3.05) is 10.7 Å². The number of anilines is 1. The molecule has 2 aromatic carbocycles. The number of nitriles is 1. The minimum atomic E-state index is -4.55. The van der Waals surface area contributed by atoms with Crippen LogP contribution in [0.4, 0.5) is 18.9 Å². The molecule has 1 aliphatic heterocycles. The molecule has 0 fully saturated rings. The van der Waals surface area contributed by atoms with Crippen LogP contribution in [0.15, 0.2) is 64.8 Å². The van der Waals surface area contributed by atoms with Gasteiger partial charge in [0.15, 0.2) is 11.0 Å². The number of amidine groups is 1. The molecule has 0 spiro atoms. The number of halogens is 3. The Balaban J connectivity index is 2.07. The highest BCUT2D eigenvalue weighted by molar-refractivity contribution is 8.14. The maximum absolute atomic E-state index is 13.6. The first-order valence-corrected chi connectivity index (χ1v) is 14.4. The Hall–Kier alpha value is -3.38. The van der Waals surface area contributed by atoms with E-state index in [2.05, 4.69) is 13.0 Å². The van der Waals surface area contributed by atoms with Crippen LogP contribution in [-0.4, -0.2) is 22.5 Å². The van der Waals surface area contributed by atoms with E-state index in [1.807, 2.05) is 6.92 Å². The molecule has 3 rings (SSSR count). The molecule has 212 valence electrons. The van der Waals surface area contributed by atoms with E-state index in [0.717, 1.165) is 37.8 Å². The Labute approximate surface area is 238 Å². The molecule has 1 aliphatic rings. The molecule has 40 heavy (non-hydrogen) atoms. The Morgan fingerprint density at radius 2 is 1.82 bits per heavy atom. The SMILES string of the molecule is CCCCCC(CC)C(=O)CSC1=NC(c2ccc(C#N)cc2)C(C(C)=O)=C(C)N1c1cccc(C(F)(F)F)c1. The van der Waals surface area contributed by atoms with E-state index in [-0.39, 0.29) is 28.9 Å². The van der Waals surface area contributed by atoms with Crippen molar-refractivity contribution in [1.82, 2.24) is 0 Å². The third kappa shape index (κ3) is 7.42. The van der Waals surface area contributed by atoms with E-state index in [9.17, 15) is 28.0 Å². The standard InChI is InChI=1S/C31H34F3N3O2S/c1-5-7-8-10-23(6-2)27(39)19-40-30-36-29(24-15-13-22(18-35)14-16-24)28(21(4)38)20(3)37(30)26-12-9-11-25(17-26)31(32,33)34/h9,11-17,23,29H,5-8,10,19H2,1-4H3. The third-order valence-corrected chi connectivity index (χ3v) is 8.02. The van der Waals surface area contributed by atoms with Crippen LogP contribution in [0, 0.1) is 17.2 Å². The van der Waals surface area contributed by atoms with Gasteiger partial charge in [-0.15, -0.1) is 0 Å². The lowest BCUT2D eigenvalue weighted by Crippen LogP contribution is -2.35. The second kappa shape index (κ2) is 13.8. The first kappa shape index (κ1) is 31.2. The smallest absolute Gasteiger partial charge is 0.298 e. The fourth-order valence-corrected chi connectivity index (χ4v) is 5.90. The first-order valence-electron chi connectivity index (χ1n) is 13.4. The van der Waals surface area contributed by atoms with Gasteiger partial charge in [-0.05, 0) is 62.6 Å². The summed E-state index contributed by atoms with van der Waals surface area (Å²) in [6.07, 6.45) is 0.0431. The monoisotopic (exact) mass is 569 g/mol. The number of rotatable bonds is 11. The number of thioether (sulfide) groups is 1. The highest BCUT2D eigenvalue weighted by atomic mass is 32.2. The van der Waals surface area contributed by atoms with E-state index >= 15 is 0 Å². The largest absolute Gasteiger partial charge is 0.416 e. The van der Waals surface area contributed by atoms with Crippen LogP contribution in [0.2, 0.25) is 0 Å². The number of allylic oxidation sites excluding steroid dienone is 1. The molecule has 0 aromatic heterocycles. The number of nitrogens with zero attached hydrogens (tertiary/aromatic N) is 3. The third-order valence-electron chi connectivity index (χ3n) is 7.04. The molecule has 9 heteroatoms. The molecule has 2 aromatic rings. The predicted octanol–water partition coefficient (Wildman–Crippen LogP) is 8.27. The summed E-state index contributed by atoms with van der Waals surface area (Å²) in [5, 5.41) is 9.54. The van der Waals surface area contributed by atoms with Gasteiger partial charge in [0, 0.05) is 22.9 Å². The molecular formula is C31H34F3N3O2S. The molecule has 0 radical (unpaired) electrons. The van der Waals surface area contributed by atoms with Crippen molar-refractivity contribution in [3.63, 3.8) is 0 Å². The first-order chi connectivity index (χ1) is 19.0. The van der Waals surface area contributed by atoms with Crippen molar-refractivity contribution in [1.29, 1.82) is 5.26 Å². The minimum absolute atomic E-state index is 0.0733. The number of unbranched alkanes of at least 4 members (excludes halogenated alkanes) is 2. The topological polar surface area (TPSA) is 73.5 Å². The van der Waals surface area contributed by atoms with Crippen LogP contribution < -0.4 is 4.90 Å². The van der Waals surface area contributed by atoms with Crippen LogP contribution in [-0.2, 0) is 15.8 Å². The number of hydrogen-bond acceptors (Lipinski definition) is 6. The molecule has 2 unspecified atom stereocenters. The lowest BCUT2D eigenvalue weighted by molar-refractivity contribution is -0.137. The molecule has 2 atom stereocenters. The van der Waals surface area contributed by atoms with Gasteiger partial charge in [-0.2, -0.15) is 18.4 Å². The highest BCUT2D eigenvalue weighted by Crippen LogP contribution is 2.40. The molecule has 0 amide bonds. The summed E-state index contributed by atoms with van der Waals surface area (Å²) in [6, 6.07) is 12.9. The van der Waals surface area contributed by atoms with E-state index in [4.69, 9.17) is 4.99 Å². The summed E-state index contributed by atoms with van der Waals surface area (Å²) < 4.78 is 40.8. The average Bonchev–Trinajstić information content (AvgIpc) is 2.93. The lowest BCUT2D eigenvalue weighted by Gasteiger charge is -2.35.